The highest BCUT2D eigenvalue weighted by molar-refractivity contribution is 5.91. The number of benzene rings is 1. The van der Waals surface area contributed by atoms with E-state index < -0.39 is 0 Å². The summed E-state index contributed by atoms with van der Waals surface area (Å²) in [5.74, 6) is 0.901. The van der Waals surface area contributed by atoms with Gasteiger partial charge in [-0.05, 0) is 32.3 Å². The van der Waals surface area contributed by atoms with Crippen LogP contribution in [0.3, 0.4) is 0 Å². The van der Waals surface area contributed by atoms with Gasteiger partial charge in [0, 0.05) is 12.1 Å². The second-order valence-corrected chi connectivity index (χ2v) is 4.91. The van der Waals surface area contributed by atoms with Gasteiger partial charge in [0.1, 0.15) is 5.75 Å². The van der Waals surface area contributed by atoms with Gasteiger partial charge in [-0.3, -0.25) is 4.79 Å². The molecule has 0 aliphatic carbocycles. The van der Waals surface area contributed by atoms with Crippen molar-refractivity contribution in [2.45, 2.75) is 6.04 Å². The van der Waals surface area contributed by atoms with E-state index in [1.165, 1.54) is 6.26 Å². The smallest absolute Gasteiger partial charge is 0.287 e. The van der Waals surface area contributed by atoms with Crippen LogP contribution in [0.2, 0.25) is 0 Å². The lowest BCUT2D eigenvalue weighted by atomic mass is 10.0. The minimum absolute atomic E-state index is 0.0139. The molecule has 0 radical (unpaired) electrons. The summed E-state index contributed by atoms with van der Waals surface area (Å²) in [6, 6.07) is 11.2. The molecule has 1 aromatic heterocycles. The van der Waals surface area contributed by atoms with Crippen molar-refractivity contribution >= 4 is 5.91 Å². The summed E-state index contributed by atoms with van der Waals surface area (Å²) in [7, 11) is 5.58. The summed E-state index contributed by atoms with van der Waals surface area (Å²) in [4.78, 5) is 14.0. The van der Waals surface area contributed by atoms with Gasteiger partial charge in [-0.2, -0.15) is 0 Å². The number of hydrogen-bond donors (Lipinski definition) is 1. The van der Waals surface area contributed by atoms with Crippen LogP contribution in [0.4, 0.5) is 0 Å². The molecule has 2 aromatic rings. The van der Waals surface area contributed by atoms with Crippen LogP contribution in [-0.2, 0) is 0 Å². The zero-order valence-corrected chi connectivity index (χ0v) is 12.5. The molecule has 1 heterocycles. The van der Waals surface area contributed by atoms with E-state index in [1.807, 2.05) is 43.3 Å². The molecule has 1 amide bonds. The van der Waals surface area contributed by atoms with E-state index in [9.17, 15) is 4.79 Å². The molecule has 1 unspecified atom stereocenters. The maximum absolute atomic E-state index is 12.0. The lowest BCUT2D eigenvalue weighted by Crippen LogP contribution is -2.34. The Morgan fingerprint density at radius 2 is 2.05 bits per heavy atom. The quantitative estimate of drug-likeness (QED) is 0.886. The first-order chi connectivity index (χ1) is 10.1. The highest BCUT2D eigenvalue weighted by atomic mass is 16.5. The SMILES string of the molecule is COc1ccccc1C(CNC(=O)c1ccco1)N(C)C. The molecule has 1 aromatic carbocycles. The molecule has 0 saturated heterocycles. The minimum atomic E-state index is -0.221. The third-order valence-electron chi connectivity index (χ3n) is 3.32. The zero-order valence-electron chi connectivity index (χ0n) is 12.5. The van der Waals surface area contributed by atoms with Crippen molar-refractivity contribution in [2.75, 3.05) is 27.7 Å². The molecule has 5 nitrogen and oxygen atoms in total. The van der Waals surface area contributed by atoms with E-state index in [0.29, 0.717) is 12.3 Å². The molecule has 0 aliphatic rings. The van der Waals surface area contributed by atoms with Crippen molar-refractivity contribution in [3.63, 3.8) is 0 Å². The minimum Gasteiger partial charge on any atom is -0.496 e. The number of likely N-dealkylation sites (N-methyl/N-ethyl adjacent to an activating group) is 1. The van der Waals surface area contributed by atoms with Crippen LogP contribution < -0.4 is 10.1 Å². The van der Waals surface area contributed by atoms with E-state index in [0.717, 1.165) is 11.3 Å². The van der Waals surface area contributed by atoms with Crippen LogP contribution in [0.5, 0.6) is 5.75 Å². The first-order valence-electron chi connectivity index (χ1n) is 6.74. The third kappa shape index (κ3) is 3.64. The molecule has 0 saturated carbocycles. The van der Waals surface area contributed by atoms with Crippen LogP contribution in [0.1, 0.15) is 22.2 Å². The van der Waals surface area contributed by atoms with Crippen LogP contribution in [0.25, 0.3) is 0 Å². The third-order valence-corrected chi connectivity index (χ3v) is 3.32. The molecule has 1 N–H and O–H groups in total. The van der Waals surface area contributed by atoms with E-state index in [1.54, 1.807) is 19.2 Å². The van der Waals surface area contributed by atoms with Gasteiger partial charge >= 0.3 is 0 Å². The number of nitrogens with zero attached hydrogens (tertiary/aromatic N) is 1. The summed E-state index contributed by atoms with van der Waals surface area (Å²) >= 11 is 0. The average molecular weight is 288 g/mol. The molecule has 21 heavy (non-hydrogen) atoms. The lowest BCUT2D eigenvalue weighted by molar-refractivity contribution is 0.0913. The van der Waals surface area contributed by atoms with E-state index in [4.69, 9.17) is 9.15 Å². The number of carbonyl (C=O) groups is 1. The Bertz CT molecular complexity index is 579. The fraction of sp³-hybridized carbons (Fsp3) is 0.312. The Balaban J connectivity index is 2.11. The molecule has 0 fully saturated rings. The summed E-state index contributed by atoms with van der Waals surface area (Å²) in [6.07, 6.45) is 1.48. The van der Waals surface area contributed by atoms with Gasteiger partial charge in [-0.1, -0.05) is 18.2 Å². The van der Waals surface area contributed by atoms with Crippen molar-refractivity contribution in [1.29, 1.82) is 0 Å². The van der Waals surface area contributed by atoms with E-state index in [2.05, 4.69) is 5.32 Å². The molecule has 5 heteroatoms. The van der Waals surface area contributed by atoms with Crippen LogP contribution >= 0.6 is 0 Å². The van der Waals surface area contributed by atoms with Gasteiger partial charge < -0.3 is 19.4 Å². The number of rotatable bonds is 6. The maximum atomic E-state index is 12.0. The van der Waals surface area contributed by atoms with Gasteiger partial charge in [0.2, 0.25) is 0 Å². The Hall–Kier alpha value is -2.27. The van der Waals surface area contributed by atoms with E-state index >= 15 is 0 Å². The van der Waals surface area contributed by atoms with Crippen molar-refractivity contribution < 1.29 is 13.9 Å². The number of furan rings is 1. The van der Waals surface area contributed by atoms with Gasteiger partial charge in [-0.25, -0.2) is 0 Å². The second-order valence-electron chi connectivity index (χ2n) is 4.91. The number of hydrogen-bond acceptors (Lipinski definition) is 4. The van der Waals surface area contributed by atoms with Gasteiger partial charge in [0.15, 0.2) is 5.76 Å². The maximum Gasteiger partial charge on any atom is 0.287 e. The Morgan fingerprint density at radius 3 is 2.67 bits per heavy atom. The molecule has 112 valence electrons. The standard InChI is InChI=1S/C16H20N2O3/c1-18(2)13(12-7-4-5-8-14(12)20-3)11-17-16(19)15-9-6-10-21-15/h4-10,13H,11H2,1-3H3,(H,17,19). The van der Waals surface area contributed by atoms with E-state index in [-0.39, 0.29) is 11.9 Å². The largest absolute Gasteiger partial charge is 0.496 e. The molecule has 0 bridgehead atoms. The first-order valence-corrected chi connectivity index (χ1v) is 6.74. The predicted octanol–water partition coefficient (Wildman–Crippen LogP) is 2.32. The highest BCUT2D eigenvalue weighted by Gasteiger charge is 2.19. The summed E-state index contributed by atoms with van der Waals surface area (Å²) in [5, 5.41) is 2.89. The number of methoxy groups -OCH3 is 1. The normalized spacial score (nSPS) is 12.2. The van der Waals surface area contributed by atoms with Crippen molar-refractivity contribution in [2.24, 2.45) is 0 Å². The second kappa shape index (κ2) is 6.95. The number of ether oxygens (including phenoxy) is 1. The summed E-state index contributed by atoms with van der Waals surface area (Å²) in [6.45, 7) is 0.465. The van der Waals surface area contributed by atoms with Gasteiger partial charge in [0.25, 0.3) is 5.91 Å². The fourth-order valence-electron chi connectivity index (χ4n) is 2.20. The van der Waals surface area contributed by atoms with Gasteiger partial charge in [0.05, 0.1) is 19.4 Å². The predicted molar refractivity (Wildman–Crippen MR) is 80.5 cm³/mol. The van der Waals surface area contributed by atoms with Crippen LogP contribution in [0, 0.1) is 0 Å². The molecular weight excluding hydrogens is 268 g/mol. The van der Waals surface area contributed by atoms with Crippen LogP contribution in [-0.4, -0.2) is 38.6 Å². The van der Waals surface area contributed by atoms with Crippen LogP contribution in [0.15, 0.2) is 47.1 Å². The first kappa shape index (κ1) is 15.1. The summed E-state index contributed by atoms with van der Waals surface area (Å²) in [5.41, 5.74) is 1.03. The molecular formula is C16H20N2O3. The molecule has 0 aliphatic heterocycles. The Labute approximate surface area is 124 Å². The van der Waals surface area contributed by atoms with Gasteiger partial charge in [-0.15, -0.1) is 0 Å². The van der Waals surface area contributed by atoms with Crippen molar-refractivity contribution in [3.8, 4) is 5.75 Å². The summed E-state index contributed by atoms with van der Waals surface area (Å²) < 4.78 is 10.5. The lowest BCUT2D eigenvalue weighted by Gasteiger charge is -2.26. The number of para-hydroxylation sites is 1. The molecule has 0 spiro atoms. The Kier molecular flexibility index (Phi) is 5.00. The Morgan fingerprint density at radius 1 is 1.29 bits per heavy atom. The number of nitrogens with one attached hydrogen (secondary N) is 1. The zero-order chi connectivity index (χ0) is 15.2. The monoisotopic (exact) mass is 288 g/mol. The van der Waals surface area contributed by atoms with Crippen molar-refractivity contribution in [1.82, 2.24) is 10.2 Å². The highest BCUT2D eigenvalue weighted by Crippen LogP contribution is 2.27. The number of carbonyl (C=O) groups excluding carboxylic acids is 1. The topological polar surface area (TPSA) is 54.7 Å². The van der Waals surface area contributed by atoms with Crippen molar-refractivity contribution in [3.05, 3.63) is 54.0 Å². The fourth-order valence-corrected chi connectivity index (χ4v) is 2.20. The number of amides is 1. The average Bonchev–Trinajstić information content (AvgIpc) is 3.01. The molecule has 2 rings (SSSR count). The molecule has 1 atom stereocenters.